The van der Waals surface area contributed by atoms with E-state index in [1.165, 1.54) is 0 Å². The molecule has 0 spiro atoms. The molecule has 0 fully saturated rings. The van der Waals surface area contributed by atoms with Gasteiger partial charge in [-0.05, 0) is 32.0 Å². The van der Waals surface area contributed by atoms with E-state index in [1.807, 2.05) is 30.7 Å². The predicted molar refractivity (Wildman–Crippen MR) is 78.9 cm³/mol. The topological polar surface area (TPSA) is 78.5 Å². The fraction of sp³-hybridized carbons (Fsp3) is 0.286. The van der Waals surface area contributed by atoms with Crippen molar-refractivity contribution in [1.82, 2.24) is 19.5 Å². The highest BCUT2D eigenvalue weighted by Gasteiger charge is 2.05. The van der Waals surface area contributed by atoms with Gasteiger partial charge in [-0.1, -0.05) is 0 Å². The molecular weight excluding hydrogens is 254 g/mol. The number of fused-ring (bicyclic) bond motifs is 1. The molecule has 0 unspecified atom stereocenters. The van der Waals surface area contributed by atoms with Crippen molar-refractivity contribution < 1.29 is 0 Å². The molecule has 104 valence electrons. The van der Waals surface area contributed by atoms with Crippen LogP contribution in [0.3, 0.4) is 0 Å². The Morgan fingerprint density at radius 1 is 1.30 bits per heavy atom. The lowest BCUT2D eigenvalue weighted by molar-refractivity contribution is 0.577. The third-order valence-corrected chi connectivity index (χ3v) is 3.29. The smallest absolute Gasteiger partial charge is 0.323 e. The van der Waals surface area contributed by atoms with E-state index in [-0.39, 0.29) is 5.69 Å². The Morgan fingerprint density at radius 2 is 2.10 bits per heavy atom. The third kappa shape index (κ3) is 2.32. The Morgan fingerprint density at radius 3 is 2.90 bits per heavy atom. The molecule has 0 radical (unpaired) electrons. The second kappa shape index (κ2) is 4.88. The maximum absolute atomic E-state index is 11.2. The molecule has 3 rings (SSSR count). The molecule has 6 nitrogen and oxygen atoms in total. The van der Waals surface area contributed by atoms with E-state index in [2.05, 4.69) is 38.7 Å². The van der Waals surface area contributed by atoms with Crippen molar-refractivity contribution in [3.63, 3.8) is 0 Å². The standard InChI is InChI=1S/C14H17N5O/c1-9(2)19-8-15-6-11(19)7-16-10-3-4-12-13(5-10)18-14(20)17-12/h3-6,8-9,16H,7H2,1-2H3,(H2,17,18,20). The molecular formula is C14H17N5O. The Labute approximate surface area is 115 Å². The van der Waals surface area contributed by atoms with Crippen molar-refractivity contribution in [2.75, 3.05) is 5.32 Å². The number of aromatic amines is 2. The van der Waals surface area contributed by atoms with Crippen LogP contribution < -0.4 is 11.0 Å². The van der Waals surface area contributed by atoms with Gasteiger partial charge in [0.1, 0.15) is 0 Å². The summed E-state index contributed by atoms with van der Waals surface area (Å²) >= 11 is 0. The number of nitrogens with zero attached hydrogens (tertiary/aromatic N) is 2. The molecule has 0 saturated carbocycles. The molecule has 3 aromatic rings. The van der Waals surface area contributed by atoms with E-state index in [9.17, 15) is 4.79 Å². The van der Waals surface area contributed by atoms with Gasteiger partial charge in [-0.3, -0.25) is 0 Å². The van der Waals surface area contributed by atoms with Gasteiger partial charge in [-0.25, -0.2) is 9.78 Å². The summed E-state index contributed by atoms with van der Waals surface area (Å²) in [6.07, 6.45) is 3.71. The van der Waals surface area contributed by atoms with Crippen LogP contribution in [-0.2, 0) is 6.54 Å². The summed E-state index contributed by atoms with van der Waals surface area (Å²) in [5.41, 5.74) is 3.52. The van der Waals surface area contributed by atoms with Gasteiger partial charge in [0.25, 0.3) is 0 Å². The summed E-state index contributed by atoms with van der Waals surface area (Å²) in [4.78, 5) is 20.9. The van der Waals surface area contributed by atoms with Crippen LogP contribution in [0.25, 0.3) is 11.0 Å². The average Bonchev–Trinajstić information content (AvgIpc) is 3.00. The molecule has 2 aromatic heterocycles. The number of rotatable bonds is 4. The van der Waals surface area contributed by atoms with E-state index in [4.69, 9.17) is 0 Å². The largest absolute Gasteiger partial charge is 0.379 e. The number of anilines is 1. The first-order valence-electron chi connectivity index (χ1n) is 6.60. The molecule has 3 N–H and O–H groups in total. The quantitative estimate of drug-likeness (QED) is 0.681. The van der Waals surface area contributed by atoms with Crippen LogP contribution in [-0.4, -0.2) is 19.5 Å². The van der Waals surface area contributed by atoms with Crippen molar-refractivity contribution in [3.8, 4) is 0 Å². The number of nitrogens with one attached hydrogen (secondary N) is 3. The number of hydrogen-bond acceptors (Lipinski definition) is 3. The highest BCUT2D eigenvalue weighted by Crippen LogP contribution is 2.16. The summed E-state index contributed by atoms with van der Waals surface area (Å²) in [6, 6.07) is 6.14. The monoisotopic (exact) mass is 271 g/mol. The van der Waals surface area contributed by atoms with E-state index in [0.717, 1.165) is 22.4 Å². The van der Waals surface area contributed by atoms with Crippen LogP contribution in [0.1, 0.15) is 25.6 Å². The lowest BCUT2D eigenvalue weighted by atomic mass is 10.2. The lowest BCUT2D eigenvalue weighted by Gasteiger charge is -2.12. The van der Waals surface area contributed by atoms with E-state index < -0.39 is 0 Å². The minimum Gasteiger partial charge on any atom is -0.379 e. The van der Waals surface area contributed by atoms with Crippen LogP contribution in [0.4, 0.5) is 5.69 Å². The van der Waals surface area contributed by atoms with E-state index in [0.29, 0.717) is 12.6 Å². The van der Waals surface area contributed by atoms with Crippen LogP contribution in [0.5, 0.6) is 0 Å². The minimum atomic E-state index is -0.185. The molecule has 2 heterocycles. The first kappa shape index (κ1) is 12.5. The maximum Gasteiger partial charge on any atom is 0.323 e. The average molecular weight is 271 g/mol. The highest BCUT2D eigenvalue weighted by molar-refractivity contribution is 5.78. The Kier molecular flexibility index (Phi) is 3.06. The summed E-state index contributed by atoms with van der Waals surface area (Å²) in [7, 11) is 0. The number of imidazole rings is 2. The summed E-state index contributed by atoms with van der Waals surface area (Å²) in [6.45, 7) is 4.95. The zero-order chi connectivity index (χ0) is 14.1. The molecule has 0 atom stereocenters. The zero-order valence-electron chi connectivity index (χ0n) is 11.5. The van der Waals surface area contributed by atoms with Gasteiger partial charge in [0.2, 0.25) is 0 Å². The van der Waals surface area contributed by atoms with Gasteiger partial charge < -0.3 is 19.9 Å². The van der Waals surface area contributed by atoms with Crippen molar-refractivity contribution in [1.29, 1.82) is 0 Å². The zero-order valence-corrected chi connectivity index (χ0v) is 11.5. The van der Waals surface area contributed by atoms with Crippen molar-refractivity contribution in [3.05, 3.63) is 46.9 Å². The Balaban J connectivity index is 1.79. The minimum absolute atomic E-state index is 0.185. The Hall–Kier alpha value is -2.50. The molecule has 0 aliphatic carbocycles. The van der Waals surface area contributed by atoms with Crippen LogP contribution in [0, 0.1) is 0 Å². The van der Waals surface area contributed by atoms with Gasteiger partial charge in [-0.2, -0.15) is 0 Å². The van der Waals surface area contributed by atoms with Crippen molar-refractivity contribution >= 4 is 16.7 Å². The summed E-state index contributed by atoms with van der Waals surface area (Å²) in [5, 5.41) is 3.35. The van der Waals surface area contributed by atoms with Crippen LogP contribution in [0.15, 0.2) is 35.5 Å². The second-order valence-electron chi connectivity index (χ2n) is 5.08. The Bertz CT molecular complexity index is 780. The fourth-order valence-corrected chi connectivity index (χ4v) is 2.27. The SMILES string of the molecule is CC(C)n1cncc1CNc1ccc2[nH]c(=O)[nH]c2c1. The molecule has 0 bridgehead atoms. The van der Waals surface area contributed by atoms with Gasteiger partial charge in [0.05, 0.1) is 29.6 Å². The summed E-state index contributed by atoms with van der Waals surface area (Å²) < 4.78 is 2.13. The van der Waals surface area contributed by atoms with Gasteiger partial charge in [0.15, 0.2) is 0 Å². The van der Waals surface area contributed by atoms with Crippen molar-refractivity contribution in [2.24, 2.45) is 0 Å². The number of hydrogen-bond donors (Lipinski definition) is 3. The van der Waals surface area contributed by atoms with Gasteiger partial charge in [-0.15, -0.1) is 0 Å². The predicted octanol–water partition coefficient (Wildman–Crippen LogP) is 2.25. The van der Waals surface area contributed by atoms with Gasteiger partial charge >= 0.3 is 5.69 Å². The fourth-order valence-electron chi connectivity index (χ4n) is 2.27. The second-order valence-corrected chi connectivity index (χ2v) is 5.08. The maximum atomic E-state index is 11.2. The van der Waals surface area contributed by atoms with Crippen molar-refractivity contribution in [2.45, 2.75) is 26.4 Å². The molecule has 1 aromatic carbocycles. The first-order valence-corrected chi connectivity index (χ1v) is 6.60. The summed E-state index contributed by atoms with van der Waals surface area (Å²) in [5.74, 6) is 0. The van der Waals surface area contributed by atoms with Crippen LogP contribution in [0.2, 0.25) is 0 Å². The normalized spacial score (nSPS) is 11.3. The van der Waals surface area contributed by atoms with E-state index in [1.54, 1.807) is 0 Å². The van der Waals surface area contributed by atoms with Crippen LogP contribution >= 0.6 is 0 Å². The van der Waals surface area contributed by atoms with E-state index >= 15 is 0 Å². The molecule has 0 aliphatic heterocycles. The lowest BCUT2D eigenvalue weighted by Crippen LogP contribution is -2.08. The van der Waals surface area contributed by atoms with Gasteiger partial charge in [0, 0.05) is 17.9 Å². The molecule has 0 aliphatic rings. The molecule has 6 heteroatoms. The number of benzene rings is 1. The first-order chi connectivity index (χ1) is 9.63. The third-order valence-electron chi connectivity index (χ3n) is 3.29. The highest BCUT2D eigenvalue weighted by atomic mass is 16.1. The molecule has 20 heavy (non-hydrogen) atoms. The number of H-pyrrole nitrogens is 2. The molecule has 0 amide bonds. The number of aromatic nitrogens is 4. The molecule has 0 saturated heterocycles.